The van der Waals surface area contributed by atoms with Gasteiger partial charge in [-0.3, -0.25) is 9.36 Å². The fourth-order valence-corrected chi connectivity index (χ4v) is 5.56. The van der Waals surface area contributed by atoms with Gasteiger partial charge >= 0.3 is 0 Å². The molecule has 0 fully saturated rings. The summed E-state index contributed by atoms with van der Waals surface area (Å²) in [5.74, 6) is 2.34. The van der Waals surface area contributed by atoms with Crippen LogP contribution in [0.4, 0.5) is 5.95 Å². The fraction of sp³-hybridized carbons (Fsp3) is 0.241. The van der Waals surface area contributed by atoms with Crippen molar-refractivity contribution in [1.29, 1.82) is 0 Å². The van der Waals surface area contributed by atoms with E-state index in [1.165, 1.54) is 0 Å². The van der Waals surface area contributed by atoms with Crippen molar-refractivity contribution in [1.82, 2.24) is 9.55 Å². The van der Waals surface area contributed by atoms with E-state index < -0.39 is 0 Å². The molecule has 2 atom stereocenters. The number of fused-ring (bicyclic) bond motifs is 3. The highest BCUT2D eigenvalue weighted by molar-refractivity contribution is 6.01. The molecule has 0 bridgehead atoms. The smallest absolute Gasteiger partial charge is 0.209 e. The average Bonchev–Trinajstić information content (AvgIpc) is 3.25. The molecule has 176 valence electrons. The zero-order valence-electron chi connectivity index (χ0n) is 20.0. The van der Waals surface area contributed by atoms with Crippen molar-refractivity contribution >= 4 is 22.8 Å². The molecule has 0 amide bonds. The molecule has 6 rings (SSSR count). The minimum Gasteiger partial charge on any atom is -0.493 e. The Kier molecular flexibility index (Phi) is 5.10. The number of nitrogens with zero attached hydrogens (tertiary/aromatic N) is 2. The molecule has 1 aliphatic heterocycles. The Morgan fingerprint density at radius 2 is 1.71 bits per heavy atom. The number of anilines is 1. The van der Waals surface area contributed by atoms with Crippen LogP contribution >= 0.6 is 0 Å². The third kappa shape index (κ3) is 3.40. The van der Waals surface area contributed by atoms with E-state index in [4.69, 9.17) is 14.5 Å². The van der Waals surface area contributed by atoms with Gasteiger partial charge in [-0.2, -0.15) is 0 Å². The molecule has 2 heterocycles. The second kappa shape index (κ2) is 8.31. The van der Waals surface area contributed by atoms with Gasteiger partial charge in [0.25, 0.3) is 0 Å². The van der Waals surface area contributed by atoms with Gasteiger partial charge in [0.05, 0.1) is 31.3 Å². The SMILES string of the molecule is COc1ccc([C@H]2CC(=O)C3=C(C2)Nc2nc4ccccc4n2[C@@H]3c2ccccc2C)cc1OC. The summed E-state index contributed by atoms with van der Waals surface area (Å²) in [5.41, 5.74) is 7.08. The Bertz CT molecular complexity index is 1500. The van der Waals surface area contributed by atoms with Gasteiger partial charge in [0.1, 0.15) is 0 Å². The predicted octanol–water partition coefficient (Wildman–Crippen LogP) is 5.78. The highest BCUT2D eigenvalue weighted by atomic mass is 16.5. The first-order valence-electron chi connectivity index (χ1n) is 11.9. The summed E-state index contributed by atoms with van der Waals surface area (Å²) in [5, 5.41) is 3.54. The second-order valence-electron chi connectivity index (χ2n) is 9.21. The van der Waals surface area contributed by atoms with Crippen molar-refractivity contribution in [2.75, 3.05) is 19.5 Å². The zero-order valence-corrected chi connectivity index (χ0v) is 20.0. The summed E-state index contributed by atoms with van der Waals surface area (Å²) < 4.78 is 13.1. The number of methoxy groups -OCH3 is 2. The summed E-state index contributed by atoms with van der Waals surface area (Å²) in [4.78, 5) is 18.8. The van der Waals surface area contributed by atoms with Gasteiger partial charge in [0, 0.05) is 17.7 Å². The monoisotopic (exact) mass is 465 g/mol. The van der Waals surface area contributed by atoms with E-state index >= 15 is 0 Å². The molecule has 0 spiro atoms. The zero-order chi connectivity index (χ0) is 24.1. The first kappa shape index (κ1) is 21.5. The molecule has 0 saturated carbocycles. The number of aryl methyl sites for hydroxylation is 1. The number of ketones is 1. The minimum absolute atomic E-state index is 0.0435. The normalized spacial score (nSPS) is 19.2. The van der Waals surface area contributed by atoms with Gasteiger partial charge < -0.3 is 14.8 Å². The van der Waals surface area contributed by atoms with Crippen molar-refractivity contribution in [3.8, 4) is 11.5 Å². The first-order chi connectivity index (χ1) is 17.1. The number of benzene rings is 3. The van der Waals surface area contributed by atoms with Crippen LogP contribution in [-0.2, 0) is 4.79 Å². The van der Waals surface area contributed by atoms with Crippen LogP contribution in [0.15, 0.2) is 78.0 Å². The molecule has 4 aromatic rings. The van der Waals surface area contributed by atoms with Crippen LogP contribution in [0.1, 0.15) is 41.5 Å². The Hall–Kier alpha value is -4.06. The molecule has 0 unspecified atom stereocenters. The lowest BCUT2D eigenvalue weighted by atomic mass is 9.77. The van der Waals surface area contributed by atoms with Crippen molar-refractivity contribution in [3.63, 3.8) is 0 Å². The number of carbonyl (C=O) groups is 1. The lowest BCUT2D eigenvalue weighted by molar-refractivity contribution is -0.116. The molecular weight excluding hydrogens is 438 g/mol. The van der Waals surface area contributed by atoms with Crippen LogP contribution in [0.25, 0.3) is 11.0 Å². The van der Waals surface area contributed by atoms with Crippen molar-refractivity contribution in [2.24, 2.45) is 0 Å². The lowest BCUT2D eigenvalue weighted by Gasteiger charge is -2.37. The summed E-state index contributed by atoms with van der Waals surface area (Å²) in [6.07, 6.45) is 1.17. The van der Waals surface area contributed by atoms with Crippen molar-refractivity contribution in [3.05, 3.63) is 94.7 Å². The van der Waals surface area contributed by atoms with Crippen LogP contribution in [-0.4, -0.2) is 29.6 Å². The number of carbonyl (C=O) groups excluding carboxylic acids is 1. The van der Waals surface area contributed by atoms with Gasteiger partial charge in [-0.25, -0.2) is 4.98 Å². The topological polar surface area (TPSA) is 65.4 Å². The highest BCUT2D eigenvalue weighted by Gasteiger charge is 2.40. The van der Waals surface area contributed by atoms with E-state index in [-0.39, 0.29) is 17.7 Å². The molecule has 3 aromatic carbocycles. The number of Topliss-reactive ketones (excluding diaryl/α,β-unsaturated/α-hetero) is 1. The van der Waals surface area contributed by atoms with Gasteiger partial charge in [-0.1, -0.05) is 42.5 Å². The maximum atomic E-state index is 13.9. The largest absolute Gasteiger partial charge is 0.493 e. The summed E-state index contributed by atoms with van der Waals surface area (Å²) in [6, 6.07) is 22.1. The molecule has 6 nitrogen and oxygen atoms in total. The molecule has 1 aromatic heterocycles. The molecule has 0 radical (unpaired) electrons. The third-order valence-corrected chi connectivity index (χ3v) is 7.26. The number of para-hydroxylation sites is 2. The molecule has 6 heteroatoms. The van der Waals surface area contributed by atoms with E-state index in [1.807, 2.05) is 48.5 Å². The lowest BCUT2D eigenvalue weighted by Crippen LogP contribution is -2.33. The second-order valence-corrected chi connectivity index (χ2v) is 9.21. The number of allylic oxidation sites excluding steroid dienone is 2. The number of nitrogens with one attached hydrogen (secondary N) is 1. The number of aromatic nitrogens is 2. The van der Waals surface area contributed by atoms with Crippen LogP contribution in [0, 0.1) is 6.92 Å². The summed E-state index contributed by atoms with van der Waals surface area (Å²) >= 11 is 0. The quantitative estimate of drug-likeness (QED) is 0.414. The van der Waals surface area contributed by atoms with Crippen LogP contribution in [0.5, 0.6) is 11.5 Å². The third-order valence-electron chi connectivity index (χ3n) is 7.26. The molecule has 0 saturated heterocycles. The van der Waals surface area contributed by atoms with E-state index in [0.717, 1.165) is 51.4 Å². The van der Waals surface area contributed by atoms with Gasteiger partial charge in [-0.05, 0) is 60.2 Å². The number of hydrogen-bond donors (Lipinski definition) is 1. The van der Waals surface area contributed by atoms with E-state index in [1.54, 1.807) is 14.2 Å². The molecule has 1 aliphatic carbocycles. The number of imidazole rings is 1. The Labute approximate surface area is 204 Å². The standard InChI is InChI=1S/C29H27N3O3/c1-17-8-4-5-9-20(17)28-27-22(31-29-30-21-10-6-7-11-23(21)32(28)29)14-19(15-24(27)33)18-12-13-25(34-2)26(16-18)35-3/h4-13,16,19,28H,14-15H2,1-3H3,(H,30,31)/t19-,28-/m1/s1. The fourth-order valence-electron chi connectivity index (χ4n) is 5.56. The van der Waals surface area contributed by atoms with E-state index in [2.05, 4.69) is 35.0 Å². The number of ether oxygens (including phenoxy) is 2. The number of hydrogen-bond acceptors (Lipinski definition) is 5. The Balaban J connectivity index is 1.49. The summed E-state index contributed by atoms with van der Waals surface area (Å²) in [7, 11) is 3.26. The van der Waals surface area contributed by atoms with Crippen LogP contribution < -0.4 is 14.8 Å². The Morgan fingerprint density at radius 1 is 0.943 bits per heavy atom. The van der Waals surface area contributed by atoms with Gasteiger partial charge in [0.15, 0.2) is 17.3 Å². The van der Waals surface area contributed by atoms with Crippen LogP contribution in [0.2, 0.25) is 0 Å². The average molecular weight is 466 g/mol. The van der Waals surface area contributed by atoms with Crippen molar-refractivity contribution < 1.29 is 14.3 Å². The first-order valence-corrected chi connectivity index (χ1v) is 11.9. The highest BCUT2D eigenvalue weighted by Crippen LogP contribution is 2.47. The maximum Gasteiger partial charge on any atom is 0.209 e. The predicted molar refractivity (Wildman–Crippen MR) is 136 cm³/mol. The summed E-state index contributed by atoms with van der Waals surface area (Å²) in [6.45, 7) is 2.11. The molecule has 1 N–H and O–H groups in total. The van der Waals surface area contributed by atoms with E-state index in [0.29, 0.717) is 17.9 Å². The Morgan fingerprint density at radius 3 is 2.51 bits per heavy atom. The van der Waals surface area contributed by atoms with Crippen LogP contribution in [0.3, 0.4) is 0 Å². The van der Waals surface area contributed by atoms with E-state index in [9.17, 15) is 4.79 Å². The van der Waals surface area contributed by atoms with Crippen molar-refractivity contribution in [2.45, 2.75) is 31.7 Å². The van der Waals surface area contributed by atoms with Gasteiger partial charge in [-0.15, -0.1) is 0 Å². The maximum absolute atomic E-state index is 13.9. The molecule has 35 heavy (non-hydrogen) atoms. The minimum atomic E-state index is -0.214. The molecule has 2 aliphatic rings. The number of rotatable bonds is 4. The molecular formula is C29H27N3O3. The van der Waals surface area contributed by atoms with Gasteiger partial charge in [0.2, 0.25) is 5.95 Å².